The van der Waals surface area contributed by atoms with Crippen LogP contribution < -0.4 is 19.3 Å². The molecule has 2 rings (SSSR count). The van der Waals surface area contributed by atoms with Crippen LogP contribution in [0.15, 0.2) is 54.9 Å². The van der Waals surface area contributed by atoms with E-state index in [2.05, 4.69) is 12.2 Å². The molecule has 0 amide bonds. The molecule has 1 aromatic heterocycles. The highest BCUT2D eigenvalue weighted by Gasteiger charge is 2.16. The van der Waals surface area contributed by atoms with E-state index in [1.165, 1.54) is 103 Å². The highest BCUT2D eigenvalue weighted by Crippen LogP contribution is 2.39. The zero-order chi connectivity index (χ0) is 31.6. The van der Waals surface area contributed by atoms with Crippen molar-refractivity contribution in [3.63, 3.8) is 0 Å². The van der Waals surface area contributed by atoms with E-state index in [0.29, 0.717) is 13.3 Å². The fourth-order valence-corrected chi connectivity index (χ4v) is 5.83. The standard InChI is InChI=1S/C35H59N2O6P/c1-3-4-5-6-7-8-9-10-11-12-13-14-15-16-17-19-26-36-32-41-30-35(40-2)31-42-44(38,39)43-34-24-22-33(23-25-34)29-37-27-20-18-21-28-37/h18,20-25,27-28,35-36H,3-17,19,26,29-32H2,1-2H3. The molecule has 0 aliphatic heterocycles. The van der Waals surface area contributed by atoms with Gasteiger partial charge in [0, 0.05) is 24.8 Å². The van der Waals surface area contributed by atoms with Crippen LogP contribution >= 0.6 is 7.82 Å². The highest BCUT2D eigenvalue weighted by atomic mass is 31.2. The van der Waals surface area contributed by atoms with Crippen LogP contribution in [-0.2, 0) is 25.1 Å². The SMILES string of the molecule is CCCCCCCCCCCCCCCCCCNCOCC(COP(=O)([O-])Oc1ccc(C[n+]2ccccc2)cc1)OC. The van der Waals surface area contributed by atoms with E-state index in [1.54, 1.807) is 12.1 Å². The van der Waals surface area contributed by atoms with Crippen molar-refractivity contribution in [3.05, 3.63) is 60.4 Å². The van der Waals surface area contributed by atoms with Crippen LogP contribution in [0.5, 0.6) is 5.75 Å². The molecule has 1 aromatic carbocycles. The number of phosphoric acid groups is 1. The predicted octanol–water partition coefficient (Wildman–Crippen LogP) is 7.73. The number of hydrogen-bond donors (Lipinski definition) is 1. The lowest BCUT2D eigenvalue weighted by molar-refractivity contribution is -0.688. The van der Waals surface area contributed by atoms with E-state index >= 15 is 0 Å². The molecule has 0 aliphatic rings. The van der Waals surface area contributed by atoms with Crippen molar-refractivity contribution in [1.82, 2.24) is 5.32 Å². The number of nitrogens with one attached hydrogen (secondary N) is 1. The molecule has 0 radical (unpaired) electrons. The van der Waals surface area contributed by atoms with Gasteiger partial charge in [-0.05, 0) is 37.2 Å². The summed E-state index contributed by atoms with van der Waals surface area (Å²) >= 11 is 0. The fourth-order valence-electron chi connectivity index (χ4n) is 5.05. The first-order valence-corrected chi connectivity index (χ1v) is 18.5. The van der Waals surface area contributed by atoms with Crippen molar-refractivity contribution in [1.29, 1.82) is 0 Å². The van der Waals surface area contributed by atoms with Gasteiger partial charge in [0.2, 0.25) is 0 Å². The number of unbranched alkanes of at least 4 members (excludes halogenated alkanes) is 15. The van der Waals surface area contributed by atoms with Gasteiger partial charge < -0.3 is 23.4 Å². The molecule has 0 aliphatic carbocycles. The molecule has 9 heteroatoms. The van der Waals surface area contributed by atoms with E-state index in [0.717, 1.165) is 18.5 Å². The van der Waals surface area contributed by atoms with Gasteiger partial charge >= 0.3 is 7.82 Å². The maximum atomic E-state index is 12.3. The summed E-state index contributed by atoms with van der Waals surface area (Å²) in [6.45, 7) is 4.28. The van der Waals surface area contributed by atoms with Crippen LogP contribution in [0.25, 0.3) is 0 Å². The fraction of sp³-hybridized carbons (Fsp3) is 0.686. The highest BCUT2D eigenvalue weighted by molar-refractivity contribution is 7.46. The Hall–Kier alpha value is -1.80. The Morgan fingerprint density at radius 3 is 1.86 bits per heavy atom. The van der Waals surface area contributed by atoms with Gasteiger partial charge in [-0.3, -0.25) is 9.88 Å². The van der Waals surface area contributed by atoms with Gasteiger partial charge in [0.15, 0.2) is 18.9 Å². The minimum atomic E-state index is -4.55. The topological polar surface area (TPSA) is 93.0 Å². The monoisotopic (exact) mass is 634 g/mol. The molecular formula is C35H59N2O6P. The number of methoxy groups -OCH3 is 1. The van der Waals surface area contributed by atoms with Crippen LogP contribution in [0.2, 0.25) is 0 Å². The van der Waals surface area contributed by atoms with Crippen molar-refractivity contribution in [2.45, 2.75) is 122 Å². The number of phosphoric ester groups is 1. The molecule has 2 atom stereocenters. The number of pyridine rings is 1. The van der Waals surface area contributed by atoms with Gasteiger partial charge in [0.05, 0.1) is 19.9 Å². The molecule has 2 unspecified atom stereocenters. The quantitative estimate of drug-likeness (QED) is 0.0424. The zero-order valence-corrected chi connectivity index (χ0v) is 28.4. The van der Waals surface area contributed by atoms with Crippen molar-refractivity contribution < 1.29 is 32.5 Å². The van der Waals surface area contributed by atoms with Crippen LogP contribution in [0.4, 0.5) is 0 Å². The molecule has 0 bridgehead atoms. The molecule has 1 heterocycles. The van der Waals surface area contributed by atoms with Crippen molar-refractivity contribution in [2.75, 3.05) is 33.6 Å². The van der Waals surface area contributed by atoms with Gasteiger partial charge in [-0.25, -0.2) is 4.57 Å². The van der Waals surface area contributed by atoms with E-state index in [-0.39, 0.29) is 19.0 Å². The number of benzene rings is 1. The summed E-state index contributed by atoms with van der Waals surface area (Å²) in [4.78, 5) is 12.3. The molecule has 0 spiro atoms. The zero-order valence-electron chi connectivity index (χ0n) is 27.5. The minimum Gasteiger partial charge on any atom is -0.746 e. The average Bonchev–Trinajstić information content (AvgIpc) is 3.03. The van der Waals surface area contributed by atoms with Gasteiger partial charge in [-0.2, -0.15) is 0 Å². The Kier molecular flexibility index (Phi) is 22.2. The van der Waals surface area contributed by atoms with E-state index in [4.69, 9.17) is 18.5 Å². The van der Waals surface area contributed by atoms with Gasteiger partial charge in [0.25, 0.3) is 0 Å². The molecule has 1 N–H and O–H groups in total. The summed E-state index contributed by atoms with van der Waals surface area (Å²) < 4.78 is 35.4. The second-order valence-electron chi connectivity index (χ2n) is 11.7. The van der Waals surface area contributed by atoms with Crippen LogP contribution in [0, 0.1) is 0 Å². The first-order valence-electron chi connectivity index (χ1n) is 17.0. The summed E-state index contributed by atoms with van der Waals surface area (Å²) in [6, 6.07) is 12.8. The summed E-state index contributed by atoms with van der Waals surface area (Å²) in [5, 5.41) is 3.28. The van der Waals surface area contributed by atoms with Gasteiger partial charge in [0.1, 0.15) is 11.9 Å². The number of nitrogens with zero attached hydrogens (tertiary/aromatic N) is 1. The third-order valence-electron chi connectivity index (χ3n) is 7.75. The molecule has 44 heavy (non-hydrogen) atoms. The largest absolute Gasteiger partial charge is 0.746 e. The van der Waals surface area contributed by atoms with Crippen molar-refractivity contribution in [2.24, 2.45) is 0 Å². The maximum Gasteiger partial charge on any atom is 0.319 e. The number of aromatic nitrogens is 1. The average molecular weight is 635 g/mol. The Morgan fingerprint density at radius 2 is 1.32 bits per heavy atom. The van der Waals surface area contributed by atoms with E-state index < -0.39 is 13.9 Å². The molecule has 250 valence electrons. The number of rotatable bonds is 29. The summed E-state index contributed by atoms with van der Waals surface area (Å²) in [5.74, 6) is 0.202. The van der Waals surface area contributed by atoms with E-state index in [1.807, 2.05) is 47.3 Å². The summed E-state index contributed by atoms with van der Waals surface area (Å²) in [7, 11) is -3.05. The van der Waals surface area contributed by atoms with Crippen LogP contribution in [0.1, 0.15) is 115 Å². The lowest BCUT2D eigenvalue weighted by Crippen LogP contribution is -2.32. The third kappa shape index (κ3) is 20.3. The maximum absolute atomic E-state index is 12.3. The lowest BCUT2D eigenvalue weighted by atomic mass is 10.0. The Labute approximate surface area is 267 Å². The van der Waals surface area contributed by atoms with Crippen LogP contribution in [0.3, 0.4) is 0 Å². The summed E-state index contributed by atoms with van der Waals surface area (Å²) in [6.07, 6.45) is 25.2. The first kappa shape index (κ1) is 38.4. The van der Waals surface area contributed by atoms with Gasteiger partial charge in [-0.15, -0.1) is 0 Å². The minimum absolute atomic E-state index is 0.181. The lowest BCUT2D eigenvalue weighted by Gasteiger charge is -2.25. The smallest absolute Gasteiger partial charge is 0.319 e. The first-order chi connectivity index (χ1) is 21.5. The van der Waals surface area contributed by atoms with Gasteiger partial charge in [-0.1, -0.05) is 109 Å². The molecule has 0 fully saturated rings. The number of hydrogen-bond acceptors (Lipinski definition) is 7. The second kappa shape index (κ2) is 25.4. The Morgan fingerprint density at radius 1 is 0.773 bits per heavy atom. The Bertz CT molecular complexity index is 979. The molecule has 0 saturated heterocycles. The number of ether oxygens (including phenoxy) is 2. The van der Waals surface area contributed by atoms with E-state index in [9.17, 15) is 9.46 Å². The molecule has 8 nitrogen and oxygen atoms in total. The second-order valence-corrected chi connectivity index (χ2v) is 13.0. The van der Waals surface area contributed by atoms with Crippen molar-refractivity contribution >= 4 is 7.82 Å². The van der Waals surface area contributed by atoms with Crippen LogP contribution in [-0.4, -0.2) is 39.7 Å². The predicted molar refractivity (Wildman–Crippen MR) is 176 cm³/mol. The molecule has 2 aromatic rings. The molecule has 0 saturated carbocycles. The molecular weight excluding hydrogens is 575 g/mol. The summed E-state index contributed by atoms with van der Waals surface area (Å²) in [5.41, 5.74) is 1.02. The normalized spacial score (nSPS) is 13.5. The third-order valence-corrected chi connectivity index (χ3v) is 8.65. The van der Waals surface area contributed by atoms with Crippen molar-refractivity contribution in [3.8, 4) is 5.75 Å². The Balaban J connectivity index is 1.41.